The topological polar surface area (TPSA) is 46.3 Å². The zero-order chi connectivity index (χ0) is 14.6. The predicted molar refractivity (Wildman–Crippen MR) is 82.4 cm³/mol. The summed E-state index contributed by atoms with van der Waals surface area (Å²) in [6, 6.07) is 10.2. The predicted octanol–water partition coefficient (Wildman–Crippen LogP) is 2.55. The monoisotopic (exact) mass is 274 g/mol. The second-order valence-corrected chi connectivity index (χ2v) is 5.80. The van der Waals surface area contributed by atoms with Crippen molar-refractivity contribution in [1.82, 2.24) is 4.90 Å². The summed E-state index contributed by atoms with van der Waals surface area (Å²) < 4.78 is 0. The molecule has 0 spiro atoms. The molecule has 0 saturated carbocycles. The first-order valence-electron chi connectivity index (χ1n) is 7.73. The molecule has 1 heterocycles. The molecule has 1 saturated heterocycles. The Morgan fingerprint density at radius 1 is 1.30 bits per heavy atom. The lowest BCUT2D eigenvalue weighted by Gasteiger charge is -2.35. The average molecular weight is 274 g/mol. The first-order valence-corrected chi connectivity index (χ1v) is 7.73. The van der Waals surface area contributed by atoms with E-state index < -0.39 is 0 Å². The number of amides is 1. The molecule has 1 amide bonds. The maximum atomic E-state index is 13.1. The molecule has 2 N–H and O–H groups in total. The first-order chi connectivity index (χ1) is 9.67. The molecular weight excluding hydrogens is 248 g/mol. The SMILES string of the molecule is CCC(CC)(C(=O)N1CCC(CN)C1)c1ccccc1. The van der Waals surface area contributed by atoms with Crippen LogP contribution >= 0.6 is 0 Å². The molecule has 0 aromatic heterocycles. The molecular formula is C17H26N2O. The number of carbonyl (C=O) groups excluding carboxylic acids is 1. The molecule has 1 fully saturated rings. The number of hydrogen-bond donors (Lipinski definition) is 1. The van der Waals surface area contributed by atoms with Crippen molar-refractivity contribution < 1.29 is 4.79 Å². The van der Waals surface area contributed by atoms with Crippen LogP contribution in [0, 0.1) is 5.92 Å². The minimum Gasteiger partial charge on any atom is -0.342 e. The molecule has 0 aliphatic carbocycles. The molecule has 3 nitrogen and oxygen atoms in total. The summed E-state index contributed by atoms with van der Waals surface area (Å²) >= 11 is 0. The number of rotatable bonds is 5. The van der Waals surface area contributed by atoms with Gasteiger partial charge in [-0.3, -0.25) is 4.79 Å². The fourth-order valence-corrected chi connectivity index (χ4v) is 3.35. The van der Waals surface area contributed by atoms with Crippen molar-refractivity contribution in [2.45, 2.75) is 38.5 Å². The quantitative estimate of drug-likeness (QED) is 0.897. The van der Waals surface area contributed by atoms with Crippen molar-refractivity contribution in [1.29, 1.82) is 0 Å². The van der Waals surface area contributed by atoms with E-state index in [2.05, 4.69) is 26.0 Å². The van der Waals surface area contributed by atoms with Crippen molar-refractivity contribution in [3.05, 3.63) is 35.9 Å². The summed E-state index contributed by atoms with van der Waals surface area (Å²) in [6.07, 6.45) is 2.73. The van der Waals surface area contributed by atoms with Gasteiger partial charge in [-0.05, 0) is 37.3 Å². The standard InChI is InChI=1S/C17H26N2O/c1-3-17(4-2,15-8-6-5-7-9-15)16(20)19-11-10-14(12-18)13-19/h5-9,14H,3-4,10-13,18H2,1-2H3. The number of carbonyl (C=O) groups is 1. The Morgan fingerprint density at radius 3 is 2.45 bits per heavy atom. The number of nitrogens with zero attached hydrogens (tertiary/aromatic N) is 1. The third-order valence-corrected chi connectivity index (χ3v) is 4.85. The molecule has 1 atom stereocenters. The van der Waals surface area contributed by atoms with E-state index in [0.717, 1.165) is 37.9 Å². The third kappa shape index (κ3) is 2.59. The molecule has 1 aliphatic rings. The number of benzene rings is 1. The van der Waals surface area contributed by atoms with Crippen LogP contribution in [0.15, 0.2) is 30.3 Å². The highest BCUT2D eigenvalue weighted by atomic mass is 16.2. The van der Waals surface area contributed by atoms with Crippen LogP contribution in [-0.4, -0.2) is 30.4 Å². The van der Waals surface area contributed by atoms with Crippen LogP contribution < -0.4 is 5.73 Å². The Balaban J connectivity index is 2.27. The molecule has 20 heavy (non-hydrogen) atoms. The van der Waals surface area contributed by atoms with E-state index in [0.29, 0.717) is 12.5 Å². The molecule has 0 radical (unpaired) electrons. The molecule has 2 rings (SSSR count). The second kappa shape index (κ2) is 6.40. The lowest BCUT2D eigenvalue weighted by atomic mass is 9.74. The van der Waals surface area contributed by atoms with Crippen LogP contribution in [0.2, 0.25) is 0 Å². The van der Waals surface area contributed by atoms with Crippen molar-refractivity contribution in [3.8, 4) is 0 Å². The highest BCUT2D eigenvalue weighted by Gasteiger charge is 2.41. The van der Waals surface area contributed by atoms with Gasteiger partial charge in [0.05, 0.1) is 5.41 Å². The maximum absolute atomic E-state index is 13.1. The van der Waals surface area contributed by atoms with Gasteiger partial charge in [0.25, 0.3) is 0 Å². The van der Waals surface area contributed by atoms with Crippen LogP contribution in [0.3, 0.4) is 0 Å². The van der Waals surface area contributed by atoms with Gasteiger partial charge in [-0.25, -0.2) is 0 Å². The lowest BCUT2D eigenvalue weighted by molar-refractivity contribution is -0.137. The van der Waals surface area contributed by atoms with Gasteiger partial charge in [0.1, 0.15) is 0 Å². The van der Waals surface area contributed by atoms with E-state index in [1.165, 1.54) is 0 Å². The Kier molecular flexibility index (Phi) is 4.81. The van der Waals surface area contributed by atoms with Gasteiger partial charge >= 0.3 is 0 Å². The van der Waals surface area contributed by atoms with Gasteiger partial charge in [-0.2, -0.15) is 0 Å². The molecule has 1 unspecified atom stereocenters. The van der Waals surface area contributed by atoms with E-state index in [1.807, 2.05) is 23.1 Å². The van der Waals surface area contributed by atoms with Gasteiger partial charge in [0.2, 0.25) is 5.91 Å². The lowest BCUT2D eigenvalue weighted by Crippen LogP contribution is -2.45. The fraction of sp³-hybridized carbons (Fsp3) is 0.588. The van der Waals surface area contributed by atoms with Crippen LogP contribution in [0.5, 0.6) is 0 Å². The molecule has 0 bridgehead atoms. The molecule has 3 heteroatoms. The summed E-state index contributed by atoms with van der Waals surface area (Å²) in [5.41, 5.74) is 6.52. The molecule has 1 aliphatic heterocycles. The van der Waals surface area contributed by atoms with Crippen LogP contribution in [-0.2, 0) is 10.2 Å². The zero-order valence-corrected chi connectivity index (χ0v) is 12.6. The maximum Gasteiger partial charge on any atom is 0.233 e. The normalized spacial score (nSPS) is 19.4. The Hall–Kier alpha value is -1.35. The summed E-state index contributed by atoms with van der Waals surface area (Å²) in [6.45, 7) is 6.59. The van der Waals surface area contributed by atoms with Crippen molar-refractivity contribution >= 4 is 5.91 Å². The van der Waals surface area contributed by atoms with E-state index >= 15 is 0 Å². The summed E-state index contributed by atoms with van der Waals surface area (Å²) in [4.78, 5) is 15.1. The minimum absolute atomic E-state index is 0.282. The van der Waals surface area contributed by atoms with Gasteiger partial charge < -0.3 is 10.6 Å². The van der Waals surface area contributed by atoms with Gasteiger partial charge in [-0.15, -0.1) is 0 Å². The van der Waals surface area contributed by atoms with Crippen molar-refractivity contribution in [3.63, 3.8) is 0 Å². The minimum atomic E-state index is -0.370. The highest BCUT2D eigenvalue weighted by Crippen LogP contribution is 2.35. The zero-order valence-electron chi connectivity index (χ0n) is 12.6. The van der Waals surface area contributed by atoms with E-state index in [1.54, 1.807) is 0 Å². The van der Waals surface area contributed by atoms with Crippen LogP contribution in [0.4, 0.5) is 0 Å². The van der Waals surface area contributed by atoms with E-state index in [4.69, 9.17) is 5.73 Å². The third-order valence-electron chi connectivity index (χ3n) is 4.85. The van der Waals surface area contributed by atoms with E-state index in [-0.39, 0.29) is 11.3 Å². The summed E-state index contributed by atoms with van der Waals surface area (Å²) in [7, 11) is 0. The number of likely N-dealkylation sites (tertiary alicyclic amines) is 1. The molecule has 1 aromatic rings. The highest BCUT2D eigenvalue weighted by molar-refractivity contribution is 5.88. The Bertz CT molecular complexity index is 440. The molecule has 1 aromatic carbocycles. The van der Waals surface area contributed by atoms with Crippen molar-refractivity contribution in [2.75, 3.05) is 19.6 Å². The first kappa shape index (κ1) is 15.0. The van der Waals surface area contributed by atoms with E-state index in [9.17, 15) is 4.79 Å². The van der Waals surface area contributed by atoms with Crippen LogP contribution in [0.1, 0.15) is 38.7 Å². The Labute approximate surface area is 122 Å². The second-order valence-electron chi connectivity index (χ2n) is 5.80. The van der Waals surface area contributed by atoms with Gasteiger partial charge in [-0.1, -0.05) is 44.2 Å². The van der Waals surface area contributed by atoms with Gasteiger partial charge in [0.15, 0.2) is 0 Å². The summed E-state index contributed by atoms with van der Waals surface area (Å²) in [5, 5.41) is 0. The number of hydrogen-bond acceptors (Lipinski definition) is 2. The van der Waals surface area contributed by atoms with Gasteiger partial charge in [0, 0.05) is 13.1 Å². The fourth-order valence-electron chi connectivity index (χ4n) is 3.35. The van der Waals surface area contributed by atoms with Crippen LogP contribution in [0.25, 0.3) is 0 Å². The molecule has 110 valence electrons. The average Bonchev–Trinajstić information content (AvgIpc) is 2.99. The number of nitrogens with two attached hydrogens (primary N) is 1. The summed E-state index contributed by atoms with van der Waals surface area (Å²) in [5.74, 6) is 0.755. The Morgan fingerprint density at radius 2 is 1.95 bits per heavy atom. The van der Waals surface area contributed by atoms with Crippen molar-refractivity contribution in [2.24, 2.45) is 11.7 Å². The smallest absolute Gasteiger partial charge is 0.233 e. The largest absolute Gasteiger partial charge is 0.342 e.